The summed E-state index contributed by atoms with van der Waals surface area (Å²) in [7, 11) is 1.69. The number of hydrogen-bond acceptors (Lipinski definition) is 2. The fourth-order valence-corrected chi connectivity index (χ4v) is 2.51. The van der Waals surface area contributed by atoms with Crippen LogP contribution in [0.2, 0.25) is 0 Å². The van der Waals surface area contributed by atoms with E-state index in [0.29, 0.717) is 5.78 Å². The zero-order chi connectivity index (χ0) is 10.0. The third-order valence-electron chi connectivity index (χ3n) is 3.79. The van der Waals surface area contributed by atoms with Gasteiger partial charge in [-0.2, -0.15) is 0 Å². The molecule has 2 saturated carbocycles. The van der Waals surface area contributed by atoms with Crippen LogP contribution in [-0.2, 0) is 9.53 Å². The van der Waals surface area contributed by atoms with Crippen LogP contribution in [0, 0.1) is 5.92 Å². The highest BCUT2D eigenvalue weighted by Crippen LogP contribution is 2.38. The maximum atomic E-state index is 12.0. The van der Waals surface area contributed by atoms with Gasteiger partial charge in [0.15, 0.2) is 5.78 Å². The topological polar surface area (TPSA) is 26.3 Å². The molecule has 2 aliphatic carbocycles. The minimum Gasteiger partial charge on any atom is -0.370 e. The molecule has 0 aromatic carbocycles. The van der Waals surface area contributed by atoms with Gasteiger partial charge in [0.05, 0.1) is 0 Å². The Morgan fingerprint density at radius 1 is 1.36 bits per heavy atom. The molecule has 0 aliphatic heterocycles. The Labute approximate surface area is 86.0 Å². The standard InChI is InChI=1S/C12H20O2/c1-14-12(8-2-3-9-12)11(13)7-6-10-4-5-10/h10H,2-9H2,1H3. The molecule has 0 saturated heterocycles. The molecular formula is C12H20O2. The van der Waals surface area contributed by atoms with Gasteiger partial charge in [0.2, 0.25) is 0 Å². The number of carbonyl (C=O) groups excluding carboxylic acids is 1. The van der Waals surface area contributed by atoms with Crippen molar-refractivity contribution >= 4 is 5.78 Å². The largest absolute Gasteiger partial charge is 0.370 e. The molecule has 0 amide bonds. The highest BCUT2D eigenvalue weighted by atomic mass is 16.5. The van der Waals surface area contributed by atoms with Gasteiger partial charge in [0.25, 0.3) is 0 Å². The summed E-state index contributed by atoms with van der Waals surface area (Å²) < 4.78 is 5.46. The molecule has 14 heavy (non-hydrogen) atoms. The molecule has 2 aliphatic rings. The second kappa shape index (κ2) is 4.01. The Hall–Kier alpha value is -0.370. The lowest BCUT2D eigenvalue weighted by atomic mass is 9.92. The monoisotopic (exact) mass is 196 g/mol. The molecule has 0 atom stereocenters. The van der Waals surface area contributed by atoms with Crippen LogP contribution in [0.25, 0.3) is 0 Å². The lowest BCUT2D eigenvalue weighted by Crippen LogP contribution is -2.37. The Morgan fingerprint density at radius 3 is 2.50 bits per heavy atom. The van der Waals surface area contributed by atoms with E-state index in [1.165, 1.54) is 12.8 Å². The molecule has 80 valence electrons. The Kier molecular flexibility index (Phi) is 2.91. The van der Waals surface area contributed by atoms with E-state index in [1.54, 1.807) is 7.11 Å². The molecule has 0 N–H and O–H groups in total. The van der Waals surface area contributed by atoms with Crippen molar-refractivity contribution in [3.05, 3.63) is 0 Å². The average molecular weight is 196 g/mol. The number of carbonyl (C=O) groups is 1. The normalized spacial score (nSPS) is 25.2. The average Bonchev–Trinajstić information content (AvgIpc) is 2.90. The van der Waals surface area contributed by atoms with Crippen LogP contribution in [0.1, 0.15) is 51.4 Å². The molecule has 0 bridgehead atoms. The Morgan fingerprint density at radius 2 is 2.00 bits per heavy atom. The van der Waals surface area contributed by atoms with Crippen molar-refractivity contribution in [2.45, 2.75) is 57.0 Å². The molecule has 2 heteroatoms. The van der Waals surface area contributed by atoms with E-state index in [0.717, 1.165) is 44.4 Å². The molecular weight excluding hydrogens is 176 g/mol. The molecule has 2 rings (SSSR count). The molecule has 0 radical (unpaired) electrons. The molecule has 2 fully saturated rings. The molecule has 0 aromatic heterocycles. The minimum absolute atomic E-state index is 0.365. The van der Waals surface area contributed by atoms with E-state index in [1.807, 2.05) is 0 Å². The van der Waals surface area contributed by atoms with Crippen LogP contribution < -0.4 is 0 Å². The van der Waals surface area contributed by atoms with E-state index < -0.39 is 0 Å². The van der Waals surface area contributed by atoms with Gasteiger partial charge < -0.3 is 4.74 Å². The highest BCUT2D eigenvalue weighted by Gasteiger charge is 2.40. The fraction of sp³-hybridized carbons (Fsp3) is 0.917. The van der Waals surface area contributed by atoms with Gasteiger partial charge >= 0.3 is 0 Å². The predicted molar refractivity (Wildman–Crippen MR) is 55.2 cm³/mol. The summed E-state index contributed by atoms with van der Waals surface area (Å²) in [6, 6.07) is 0. The minimum atomic E-state index is -0.380. The smallest absolute Gasteiger partial charge is 0.164 e. The zero-order valence-electron chi connectivity index (χ0n) is 9.05. The van der Waals surface area contributed by atoms with Crippen LogP contribution in [0.3, 0.4) is 0 Å². The summed E-state index contributed by atoms with van der Waals surface area (Å²) in [5, 5.41) is 0. The van der Waals surface area contributed by atoms with Crippen molar-refractivity contribution in [1.29, 1.82) is 0 Å². The van der Waals surface area contributed by atoms with Gasteiger partial charge in [-0.3, -0.25) is 4.79 Å². The quantitative estimate of drug-likeness (QED) is 0.675. The van der Waals surface area contributed by atoms with Gasteiger partial charge in [-0.25, -0.2) is 0 Å². The second-order valence-corrected chi connectivity index (χ2v) is 4.81. The Bertz CT molecular complexity index is 212. The van der Waals surface area contributed by atoms with E-state index in [9.17, 15) is 4.79 Å². The van der Waals surface area contributed by atoms with Gasteiger partial charge in [-0.15, -0.1) is 0 Å². The van der Waals surface area contributed by atoms with Crippen LogP contribution in [0.4, 0.5) is 0 Å². The number of Topliss-reactive ketones (excluding diaryl/α,β-unsaturated/α-hetero) is 1. The summed E-state index contributed by atoms with van der Waals surface area (Å²) in [5.41, 5.74) is -0.380. The van der Waals surface area contributed by atoms with Crippen LogP contribution >= 0.6 is 0 Å². The van der Waals surface area contributed by atoms with E-state index in [2.05, 4.69) is 0 Å². The van der Waals surface area contributed by atoms with Crippen molar-refractivity contribution in [3.63, 3.8) is 0 Å². The van der Waals surface area contributed by atoms with Crippen molar-refractivity contribution < 1.29 is 9.53 Å². The van der Waals surface area contributed by atoms with Crippen LogP contribution in [-0.4, -0.2) is 18.5 Å². The summed E-state index contributed by atoms with van der Waals surface area (Å²) in [6.45, 7) is 0. The first-order valence-electron chi connectivity index (χ1n) is 5.85. The van der Waals surface area contributed by atoms with E-state index in [-0.39, 0.29) is 5.60 Å². The number of ketones is 1. The maximum absolute atomic E-state index is 12.0. The molecule has 0 spiro atoms. The third-order valence-corrected chi connectivity index (χ3v) is 3.79. The zero-order valence-corrected chi connectivity index (χ0v) is 9.05. The first-order chi connectivity index (χ1) is 6.77. The first kappa shape index (κ1) is 10.2. The number of hydrogen-bond donors (Lipinski definition) is 0. The van der Waals surface area contributed by atoms with Gasteiger partial charge in [0.1, 0.15) is 5.60 Å². The molecule has 0 aromatic rings. The van der Waals surface area contributed by atoms with Gasteiger partial charge in [-0.05, 0) is 38.0 Å². The number of ether oxygens (including phenoxy) is 1. The summed E-state index contributed by atoms with van der Waals surface area (Å²) in [6.07, 6.45) is 8.75. The van der Waals surface area contributed by atoms with E-state index >= 15 is 0 Å². The SMILES string of the molecule is COC1(C(=O)CCC2CC2)CCCC1. The Balaban J connectivity index is 1.86. The first-order valence-corrected chi connectivity index (χ1v) is 5.85. The summed E-state index contributed by atoms with van der Waals surface area (Å²) in [5.74, 6) is 1.22. The maximum Gasteiger partial charge on any atom is 0.164 e. The second-order valence-electron chi connectivity index (χ2n) is 4.81. The van der Waals surface area contributed by atoms with Crippen molar-refractivity contribution in [1.82, 2.24) is 0 Å². The molecule has 2 nitrogen and oxygen atoms in total. The van der Waals surface area contributed by atoms with Crippen LogP contribution in [0.5, 0.6) is 0 Å². The third kappa shape index (κ3) is 2.00. The van der Waals surface area contributed by atoms with E-state index in [4.69, 9.17) is 4.74 Å². The molecule has 0 heterocycles. The van der Waals surface area contributed by atoms with Crippen LogP contribution in [0.15, 0.2) is 0 Å². The summed E-state index contributed by atoms with van der Waals surface area (Å²) in [4.78, 5) is 12.0. The lowest BCUT2D eigenvalue weighted by molar-refractivity contribution is -0.140. The molecule has 0 unspecified atom stereocenters. The van der Waals surface area contributed by atoms with Gasteiger partial charge in [-0.1, -0.05) is 12.8 Å². The number of methoxy groups -OCH3 is 1. The lowest BCUT2D eigenvalue weighted by Gasteiger charge is -2.25. The highest BCUT2D eigenvalue weighted by molar-refractivity contribution is 5.87. The number of rotatable bonds is 5. The van der Waals surface area contributed by atoms with Crippen molar-refractivity contribution in [2.75, 3.05) is 7.11 Å². The van der Waals surface area contributed by atoms with Crippen molar-refractivity contribution in [3.8, 4) is 0 Å². The predicted octanol–water partition coefficient (Wildman–Crippen LogP) is 2.70. The fourth-order valence-electron chi connectivity index (χ4n) is 2.51. The summed E-state index contributed by atoms with van der Waals surface area (Å²) >= 11 is 0. The van der Waals surface area contributed by atoms with Gasteiger partial charge in [0, 0.05) is 13.5 Å². The van der Waals surface area contributed by atoms with Crippen molar-refractivity contribution in [2.24, 2.45) is 5.92 Å².